The van der Waals surface area contributed by atoms with Gasteiger partial charge in [0.15, 0.2) is 17.8 Å². The van der Waals surface area contributed by atoms with Gasteiger partial charge in [0.25, 0.3) is 0 Å². The fourth-order valence-corrected chi connectivity index (χ4v) is 1.75. The molecular weight excluding hydrogens is 220 g/mol. The Morgan fingerprint density at radius 1 is 1.40 bits per heavy atom. The van der Waals surface area contributed by atoms with Crippen LogP contribution in [-0.4, -0.2) is 24.6 Å². The maximum absolute atomic E-state index is 10.8. The first-order valence-electron chi connectivity index (χ1n) is 4.45. The molecule has 0 spiro atoms. The number of hydrogen-bond donors (Lipinski definition) is 1. The molecule has 0 saturated heterocycles. The number of hydrogen-bond acceptors (Lipinski definition) is 4. The molecule has 0 bridgehead atoms. The van der Waals surface area contributed by atoms with Crippen LogP contribution in [0.2, 0.25) is 5.02 Å². The molecule has 15 heavy (non-hydrogen) atoms. The van der Waals surface area contributed by atoms with E-state index in [0.717, 1.165) is 0 Å². The molecule has 1 aliphatic rings. The van der Waals surface area contributed by atoms with E-state index >= 15 is 0 Å². The van der Waals surface area contributed by atoms with Crippen molar-refractivity contribution in [1.29, 1.82) is 0 Å². The Balaban J connectivity index is 2.65. The van der Waals surface area contributed by atoms with E-state index < -0.39 is 0 Å². The molecule has 0 amide bonds. The van der Waals surface area contributed by atoms with Gasteiger partial charge in [-0.15, -0.1) is 0 Å². The van der Waals surface area contributed by atoms with Gasteiger partial charge in [0.05, 0.1) is 17.2 Å². The molecule has 0 aromatic heterocycles. The average Bonchev–Trinajstić information content (AvgIpc) is 2.28. The van der Waals surface area contributed by atoms with Crippen LogP contribution in [0, 0.1) is 0 Å². The van der Waals surface area contributed by atoms with Crippen molar-refractivity contribution in [3.8, 4) is 11.5 Å². The zero-order chi connectivity index (χ0) is 10.8. The first-order chi connectivity index (χ1) is 7.27. The molecule has 0 saturated carbocycles. The summed E-state index contributed by atoms with van der Waals surface area (Å²) in [6, 6.07) is 1.51. The lowest BCUT2D eigenvalue weighted by molar-refractivity contribution is 0.111. The highest BCUT2D eigenvalue weighted by Gasteiger charge is 2.22. The van der Waals surface area contributed by atoms with E-state index in [1.54, 1.807) is 0 Å². The van der Waals surface area contributed by atoms with Crippen molar-refractivity contribution >= 4 is 17.9 Å². The molecule has 1 aliphatic heterocycles. The second kappa shape index (κ2) is 4.08. The summed E-state index contributed by atoms with van der Waals surface area (Å²) in [4.78, 5) is 10.8. The fourth-order valence-electron chi connectivity index (χ4n) is 1.49. The predicted octanol–water partition coefficient (Wildman–Crippen LogP) is 1.42. The summed E-state index contributed by atoms with van der Waals surface area (Å²) >= 11 is 5.87. The summed E-state index contributed by atoms with van der Waals surface area (Å²) in [6.45, 7) is 0.573. The highest BCUT2D eigenvalue weighted by Crippen LogP contribution is 2.40. The smallest absolute Gasteiger partial charge is 0.173 e. The summed E-state index contributed by atoms with van der Waals surface area (Å²) in [5.41, 5.74) is 0.795. The molecule has 1 aromatic carbocycles. The lowest BCUT2D eigenvalue weighted by Crippen LogP contribution is -2.18. The molecule has 1 aromatic rings. The summed E-state index contributed by atoms with van der Waals surface area (Å²) in [5.74, 6) is 0.739. The van der Waals surface area contributed by atoms with Crippen LogP contribution < -0.4 is 9.47 Å². The number of carbonyl (C=O) groups is 1. The zero-order valence-corrected chi connectivity index (χ0v) is 8.58. The number of benzene rings is 1. The van der Waals surface area contributed by atoms with E-state index in [0.29, 0.717) is 36.6 Å². The van der Waals surface area contributed by atoms with E-state index in [4.69, 9.17) is 26.2 Å². The standard InChI is InChI=1S/C10H9ClO4/c11-8-3-6(4-12)9-10(7(8)5-13)15-2-1-14-9/h3,5,12H,1-2,4H2. The van der Waals surface area contributed by atoms with Gasteiger partial charge in [0.1, 0.15) is 13.2 Å². The summed E-state index contributed by atoms with van der Waals surface area (Å²) in [5, 5.41) is 9.36. The lowest BCUT2D eigenvalue weighted by atomic mass is 10.1. The van der Waals surface area contributed by atoms with Gasteiger partial charge in [-0.1, -0.05) is 11.6 Å². The monoisotopic (exact) mass is 228 g/mol. The molecule has 80 valence electrons. The molecule has 0 aliphatic carbocycles. The maximum Gasteiger partial charge on any atom is 0.173 e. The van der Waals surface area contributed by atoms with Gasteiger partial charge in [0, 0.05) is 5.56 Å². The molecule has 0 unspecified atom stereocenters. The minimum absolute atomic E-state index is 0.204. The van der Waals surface area contributed by atoms with Gasteiger partial charge in [0.2, 0.25) is 0 Å². The molecule has 0 fully saturated rings. The van der Waals surface area contributed by atoms with Crippen molar-refractivity contribution in [2.75, 3.05) is 13.2 Å². The number of aliphatic hydroxyl groups excluding tert-OH is 1. The maximum atomic E-state index is 10.8. The van der Waals surface area contributed by atoms with Crippen LogP contribution in [0.3, 0.4) is 0 Å². The van der Waals surface area contributed by atoms with Crippen molar-refractivity contribution in [2.24, 2.45) is 0 Å². The second-order valence-electron chi connectivity index (χ2n) is 3.06. The molecule has 5 heteroatoms. The number of carbonyl (C=O) groups excluding carboxylic acids is 1. The molecule has 2 rings (SSSR count). The third-order valence-electron chi connectivity index (χ3n) is 2.17. The lowest BCUT2D eigenvalue weighted by Gasteiger charge is -2.22. The van der Waals surface area contributed by atoms with Gasteiger partial charge in [-0.2, -0.15) is 0 Å². The summed E-state index contributed by atoms with van der Waals surface area (Å²) in [6.07, 6.45) is 0.622. The summed E-state index contributed by atoms with van der Waals surface area (Å²) in [7, 11) is 0. The number of rotatable bonds is 2. The quantitative estimate of drug-likeness (QED) is 0.778. The highest BCUT2D eigenvalue weighted by atomic mass is 35.5. The van der Waals surface area contributed by atoms with Crippen LogP contribution in [0.5, 0.6) is 11.5 Å². The fraction of sp³-hybridized carbons (Fsp3) is 0.300. The Morgan fingerprint density at radius 2 is 2.07 bits per heavy atom. The number of halogens is 1. The SMILES string of the molecule is O=Cc1c(Cl)cc(CO)c2c1OCCO2. The van der Waals surface area contributed by atoms with Crippen molar-refractivity contribution in [3.63, 3.8) is 0 Å². The molecule has 4 nitrogen and oxygen atoms in total. The van der Waals surface area contributed by atoms with Crippen molar-refractivity contribution in [3.05, 3.63) is 22.2 Å². The average molecular weight is 229 g/mol. The number of aldehydes is 1. The number of aliphatic hydroxyl groups is 1. The van der Waals surface area contributed by atoms with Crippen molar-refractivity contribution in [1.82, 2.24) is 0 Å². The van der Waals surface area contributed by atoms with E-state index in [1.165, 1.54) is 6.07 Å². The number of ether oxygens (including phenoxy) is 2. The number of fused-ring (bicyclic) bond motifs is 1. The van der Waals surface area contributed by atoms with Gasteiger partial charge in [-0.25, -0.2) is 0 Å². The van der Waals surface area contributed by atoms with E-state index in [2.05, 4.69) is 0 Å². The Hall–Kier alpha value is -1.26. The van der Waals surface area contributed by atoms with Crippen LogP contribution in [0.4, 0.5) is 0 Å². The van der Waals surface area contributed by atoms with Crippen LogP contribution in [0.1, 0.15) is 15.9 Å². The Morgan fingerprint density at radius 3 is 2.67 bits per heavy atom. The topological polar surface area (TPSA) is 55.8 Å². The molecule has 1 heterocycles. The highest BCUT2D eigenvalue weighted by molar-refractivity contribution is 6.33. The van der Waals surface area contributed by atoms with Gasteiger partial charge >= 0.3 is 0 Å². The molecular formula is C10H9ClO4. The molecule has 0 radical (unpaired) electrons. The first kappa shape index (κ1) is 10.3. The largest absolute Gasteiger partial charge is 0.486 e. The normalized spacial score (nSPS) is 13.7. The molecule has 1 N–H and O–H groups in total. The third kappa shape index (κ3) is 1.66. The Labute approximate surface area is 91.4 Å². The van der Waals surface area contributed by atoms with Crippen LogP contribution >= 0.6 is 11.6 Å². The van der Waals surface area contributed by atoms with Crippen molar-refractivity contribution in [2.45, 2.75) is 6.61 Å². The Bertz CT molecular complexity index is 403. The van der Waals surface area contributed by atoms with E-state index in [-0.39, 0.29) is 17.2 Å². The van der Waals surface area contributed by atoms with E-state index in [9.17, 15) is 4.79 Å². The second-order valence-corrected chi connectivity index (χ2v) is 3.47. The van der Waals surface area contributed by atoms with Crippen molar-refractivity contribution < 1.29 is 19.4 Å². The van der Waals surface area contributed by atoms with Crippen LogP contribution in [-0.2, 0) is 6.61 Å². The van der Waals surface area contributed by atoms with Gasteiger partial charge < -0.3 is 14.6 Å². The minimum Gasteiger partial charge on any atom is -0.486 e. The minimum atomic E-state index is -0.204. The van der Waals surface area contributed by atoms with Crippen LogP contribution in [0.25, 0.3) is 0 Å². The summed E-state index contributed by atoms with van der Waals surface area (Å²) < 4.78 is 10.7. The third-order valence-corrected chi connectivity index (χ3v) is 2.48. The zero-order valence-electron chi connectivity index (χ0n) is 7.83. The Kier molecular flexibility index (Phi) is 2.79. The predicted molar refractivity (Wildman–Crippen MR) is 53.8 cm³/mol. The first-order valence-corrected chi connectivity index (χ1v) is 4.82. The van der Waals surface area contributed by atoms with Crippen LogP contribution in [0.15, 0.2) is 6.07 Å². The van der Waals surface area contributed by atoms with Gasteiger partial charge in [-0.05, 0) is 6.07 Å². The van der Waals surface area contributed by atoms with Gasteiger partial charge in [-0.3, -0.25) is 4.79 Å². The molecule has 0 atom stereocenters. The van der Waals surface area contributed by atoms with E-state index in [1.807, 2.05) is 0 Å².